The average Bonchev–Trinajstić information content (AvgIpc) is 3.00. The van der Waals surface area contributed by atoms with Crippen molar-refractivity contribution in [3.05, 3.63) is 50.7 Å². The highest BCUT2D eigenvalue weighted by Gasteiger charge is 2.30. The summed E-state index contributed by atoms with van der Waals surface area (Å²) in [4.78, 5) is 32.3. The van der Waals surface area contributed by atoms with Gasteiger partial charge in [-0.3, -0.25) is 13.9 Å². The second-order valence-corrected chi connectivity index (χ2v) is 7.09. The molecule has 0 bridgehead atoms. The summed E-state index contributed by atoms with van der Waals surface area (Å²) in [5.74, 6) is 1.08. The third-order valence-electron chi connectivity index (χ3n) is 5.16. The Morgan fingerprint density at radius 3 is 2.62 bits per heavy atom. The lowest BCUT2D eigenvalue weighted by atomic mass is 10.1. The molecule has 0 amide bonds. The van der Waals surface area contributed by atoms with E-state index in [1.54, 1.807) is 7.05 Å². The molecule has 4 rings (SSSR count). The molecular weight excluding hydrogens is 330 g/mol. The van der Waals surface area contributed by atoms with Crippen LogP contribution in [0.5, 0.6) is 0 Å². The van der Waals surface area contributed by atoms with E-state index in [4.69, 9.17) is 4.98 Å². The number of imidazole rings is 1. The van der Waals surface area contributed by atoms with Crippen molar-refractivity contribution in [3.63, 3.8) is 0 Å². The van der Waals surface area contributed by atoms with Crippen molar-refractivity contribution in [2.45, 2.75) is 33.9 Å². The number of aromatic nitrogens is 4. The van der Waals surface area contributed by atoms with Crippen LogP contribution in [-0.4, -0.2) is 25.2 Å². The standard InChI is InChI=1S/C19H23N5O2/c1-5-22-17(25)15-16(21(4)19(22)26)20-18-23(10-12(2)11-24(15)18)14-9-7-6-8-13(14)3/h6-9,12H,5,10-11H2,1-4H3. The molecule has 0 radical (unpaired) electrons. The highest BCUT2D eigenvalue weighted by atomic mass is 16.2. The summed E-state index contributed by atoms with van der Waals surface area (Å²) >= 11 is 0. The molecule has 1 aromatic carbocycles. The first-order valence-corrected chi connectivity index (χ1v) is 8.97. The van der Waals surface area contributed by atoms with E-state index in [1.165, 1.54) is 9.13 Å². The van der Waals surface area contributed by atoms with Gasteiger partial charge in [0.15, 0.2) is 11.2 Å². The monoisotopic (exact) mass is 353 g/mol. The lowest BCUT2D eigenvalue weighted by Gasteiger charge is -2.33. The summed E-state index contributed by atoms with van der Waals surface area (Å²) in [5, 5.41) is 0. The van der Waals surface area contributed by atoms with Gasteiger partial charge in [-0.1, -0.05) is 25.1 Å². The maximum absolute atomic E-state index is 13.0. The normalized spacial score (nSPS) is 16.9. The average molecular weight is 353 g/mol. The van der Waals surface area contributed by atoms with Gasteiger partial charge < -0.3 is 9.47 Å². The minimum atomic E-state index is -0.323. The van der Waals surface area contributed by atoms with Gasteiger partial charge in [-0.05, 0) is 31.4 Å². The van der Waals surface area contributed by atoms with Gasteiger partial charge in [-0.25, -0.2) is 4.79 Å². The van der Waals surface area contributed by atoms with E-state index in [-0.39, 0.29) is 11.2 Å². The molecule has 0 saturated carbocycles. The van der Waals surface area contributed by atoms with E-state index in [0.717, 1.165) is 23.7 Å². The highest BCUT2D eigenvalue weighted by molar-refractivity contribution is 5.77. The number of para-hydroxylation sites is 1. The largest absolute Gasteiger partial charge is 0.332 e. The number of nitrogens with zero attached hydrogens (tertiary/aromatic N) is 5. The van der Waals surface area contributed by atoms with Crippen molar-refractivity contribution in [2.24, 2.45) is 13.0 Å². The Morgan fingerprint density at radius 1 is 1.19 bits per heavy atom. The van der Waals surface area contributed by atoms with E-state index in [1.807, 2.05) is 23.6 Å². The maximum atomic E-state index is 13.0. The fourth-order valence-corrected chi connectivity index (χ4v) is 3.85. The molecule has 1 aliphatic heterocycles. The SMILES string of the molecule is CCn1c(=O)c2c(nc3n2CC(C)CN3c2ccccc2C)n(C)c1=O. The van der Waals surface area contributed by atoms with E-state index < -0.39 is 0 Å². The number of anilines is 2. The van der Waals surface area contributed by atoms with Gasteiger partial charge in [-0.15, -0.1) is 0 Å². The van der Waals surface area contributed by atoms with E-state index in [0.29, 0.717) is 30.2 Å². The lowest BCUT2D eigenvalue weighted by Crippen LogP contribution is -2.40. The molecule has 7 heteroatoms. The first-order valence-electron chi connectivity index (χ1n) is 8.97. The van der Waals surface area contributed by atoms with Crippen LogP contribution in [0.2, 0.25) is 0 Å². The van der Waals surface area contributed by atoms with Gasteiger partial charge in [0.2, 0.25) is 5.95 Å². The third kappa shape index (κ3) is 2.23. The number of rotatable bonds is 2. The van der Waals surface area contributed by atoms with Crippen LogP contribution in [0.25, 0.3) is 11.2 Å². The molecule has 3 aromatic rings. The Bertz CT molecular complexity index is 1120. The van der Waals surface area contributed by atoms with E-state index in [2.05, 4.69) is 30.9 Å². The Morgan fingerprint density at radius 2 is 1.92 bits per heavy atom. The number of benzene rings is 1. The predicted octanol–water partition coefficient (Wildman–Crippen LogP) is 2.01. The molecule has 1 atom stereocenters. The molecule has 1 aliphatic rings. The first-order chi connectivity index (χ1) is 12.4. The summed E-state index contributed by atoms with van der Waals surface area (Å²) in [7, 11) is 1.68. The predicted molar refractivity (Wildman–Crippen MR) is 102 cm³/mol. The van der Waals surface area contributed by atoms with Crippen molar-refractivity contribution in [2.75, 3.05) is 11.4 Å². The second-order valence-electron chi connectivity index (χ2n) is 7.09. The Hall–Kier alpha value is -2.83. The van der Waals surface area contributed by atoms with Crippen molar-refractivity contribution >= 4 is 22.8 Å². The Kier molecular flexibility index (Phi) is 3.75. The fraction of sp³-hybridized carbons (Fsp3) is 0.421. The van der Waals surface area contributed by atoms with Crippen LogP contribution in [0.3, 0.4) is 0 Å². The van der Waals surface area contributed by atoms with Crippen LogP contribution in [0, 0.1) is 12.8 Å². The molecule has 1 unspecified atom stereocenters. The fourth-order valence-electron chi connectivity index (χ4n) is 3.85. The third-order valence-corrected chi connectivity index (χ3v) is 5.16. The summed E-state index contributed by atoms with van der Waals surface area (Å²) in [6, 6.07) is 8.16. The smallest absolute Gasteiger partial charge is 0.311 e. The molecule has 136 valence electrons. The van der Waals surface area contributed by atoms with Gasteiger partial charge in [-0.2, -0.15) is 4.98 Å². The topological polar surface area (TPSA) is 65.1 Å². The van der Waals surface area contributed by atoms with Crippen molar-refractivity contribution in [1.29, 1.82) is 0 Å². The molecule has 0 aliphatic carbocycles. The molecule has 0 saturated heterocycles. The molecule has 0 spiro atoms. The van der Waals surface area contributed by atoms with Gasteiger partial charge in [0.25, 0.3) is 5.56 Å². The number of hydrogen-bond acceptors (Lipinski definition) is 4. The van der Waals surface area contributed by atoms with Gasteiger partial charge in [0.1, 0.15) is 0 Å². The van der Waals surface area contributed by atoms with E-state index >= 15 is 0 Å². The minimum Gasteiger partial charge on any atom is -0.311 e. The zero-order valence-electron chi connectivity index (χ0n) is 15.6. The number of hydrogen-bond donors (Lipinski definition) is 0. The summed E-state index contributed by atoms with van der Waals surface area (Å²) in [5.41, 5.74) is 2.61. The molecule has 7 nitrogen and oxygen atoms in total. The number of fused-ring (bicyclic) bond motifs is 3. The second kappa shape index (κ2) is 5.86. The maximum Gasteiger partial charge on any atom is 0.332 e. The van der Waals surface area contributed by atoms with Crippen LogP contribution in [0.1, 0.15) is 19.4 Å². The highest BCUT2D eigenvalue weighted by Crippen LogP contribution is 2.34. The van der Waals surface area contributed by atoms with Crippen LogP contribution in [-0.2, 0) is 20.1 Å². The lowest BCUT2D eigenvalue weighted by molar-refractivity contribution is 0.457. The molecular formula is C19H23N5O2. The van der Waals surface area contributed by atoms with Crippen molar-refractivity contribution < 1.29 is 0 Å². The van der Waals surface area contributed by atoms with Crippen molar-refractivity contribution in [1.82, 2.24) is 18.7 Å². The summed E-state index contributed by atoms with van der Waals surface area (Å²) in [6.45, 7) is 7.93. The number of aryl methyl sites for hydroxylation is 2. The molecule has 0 fully saturated rings. The van der Waals surface area contributed by atoms with Crippen LogP contribution < -0.4 is 16.1 Å². The van der Waals surface area contributed by atoms with Gasteiger partial charge in [0.05, 0.1) is 0 Å². The quantitative estimate of drug-likeness (QED) is 0.707. The molecule has 0 N–H and O–H groups in total. The van der Waals surface area contributed by atoms with E-state index in [9.17, 15) is 9.59 Å². The Balaban J connectivity index is 2.07. The molecule has 2 aromatic heterocycles. The van der Waals surface area contributed by atoms with Crippen LogP contribution in [0.15, 0.2) is 33.9 Å². The van der Waals surface area contributed by atoms with Gasteiger partial charge >= 0.3 is 5.69 Å². The summed E-state index contributed by atoms with van der Waals surface area (Å²) in [6.07, 6.45) is 0. The van der Waals surface area contributed by atoms with Crippen LogP contribution >= 0.6 is 0 Å². The van der Waals surface area contributed by atoms with Gasteiger partial charge in [0, 0.05) is 32.4 Å². The molecule has 3 heterocycles. The zero-order chi connectivity index (χ0) is 18.6. The van der Waals surface area contributed by atoms with Crippen molar-refractivity contribution in [3.8, 4) is 0 Å². The summed E-state index contributed by atoms with van der Waals surface area (Å²) < 4.78 is 4.73. The zero-order valence-corrected chi connectivity index (χ0v) is 15.6. The minimum absolute atomic E-state index is 0.261. The first kappa shape index (κ1) is 16.6. The molecule has 26 heavy (non-hydrogen) atoms. The Labute approximate surface area is 151 Å². The van der Waals surface area contributed by atoms with Crippen LogP contribution in [0.4, 0.5) is 11.6 Å².